The molecule has 2 aromatic rings. The molecule has 0 spiro atoms. The molecule has 6 heteroatoms. The summed E-state index contributed by atoms with van der Waals surface area (Å²) in [4.78, 5) is 27.7. The predicted octanol–water partition coefficient (Wildman–Crippen LogP) is 2.68. The van der Waals surface area contributed by atoms with Gasteiger partial charge in [0.2, 0.25) is 5.91 Å². The molecular weight excluding hydrogens is 312 g/mol. The van der Waals surface area contributed by atoms with Gasteiger partial charge in [-0.1, -0.05) is 6.07 Å². The van der Waals surface area contributed by atoms with Crippen molar-refractivity contribution in [3.05, 3.63) is 50.6 Å². The topological polar surface area (TPSA) is 62.5 Å². The molecule has 0 bridgehead atoms. The standard InChI is InChI=1S/C17H20N2O3S/c1-12-10-13(20)11-17(22)18(12)8-6-16(21)19-7-2-4-14(19)15-5-3-9-23-15/h3,5,9-11,14,20H,2,4,6-8H2,1H3. The summed E-state index contributed by atoms with van der Waals surface area (Å²) in [5.74, 6) is 0.0488. The van der Waals surface area contributed by atoms with E-state index in [1.165, 1.54) is 21.6 Å². The number of amides is 1. The molecule has 1 fully saturated rings. The predicted molar refractivity (Wildman–Crippen MR) is 89.7 cm³/mol. The molecule has 0 saturated carbocycles. The van der Waals surface area contributed by atoms with Gasteiger partial charge in [-0.05, 0) is 37.3 Å². The lowest BCUT2D eigenvalue weighted by Gasteiger charge is -2.24. The smallest absolute Gasteiger partial charge is 0.254 e. The number of aryl methyl sites for hydroxylation is 1. The highest BCUT2D eigenvalue weighted by molar-refractivity contribution is 7.10. The fraction of sp³-hybridized carbons (Fsp3) is 0.412. The molecule has 5 nitrogen and oxygen atoms in total. The van der Waals surface area contributed by atoms with Crippen LogP contribution in [0.25, 0.3) is 0 Å². The molecular formula is C17H20N2O3S. The lowest BCUT2D eigenvalue weighted by Crippen LogP contribution is -2.32. The highest BCUT2D eigenvalue weighted by Gasteiger charge is 2.30. The number of hydrogen-bond donors (Lipinski definition) is 1. The quantitative estimate of drug-likeness (QED) is 0.936. The summed E-state index contributed by atoms with van der Waals surface area (Å²) in [5, 5.41) is 11.5. The summed E-state index contributed by atoms with van der Waals surface area (Å²) in [5.41, 5.74) is 0.394. The van der Waals surface area contributed by atoms with Crippen LogP contribution >= 0.6 is 11.3 Å². The maximum Gasteiger partial charge on any atom is 0.254 e. The van der Waals surface area contributed by atoms with E-state index in [0.717, 1.165) is 19.4 Å². The monoisotopic (exact) mass is 332 g/mol. The molecule has 1 amide bonds. The Morgan fingerprint density at radius 3 is 2.96 bits per heavy atom. The molecule has 122 valence electrons. The summed E-state index contributed by atoms with van der Waals surface area (Å²) in [6.07, 6.45) is 2.32. The largest absolute Gasteiger partial charge is 0.508 e. The Hall–Kier alpha value is -2.08. The first kappa shape index (κ1) is 15.8. The average Bonchev–Trinajstić information content (AvgIpc) is 3.16. The number of likely N-dealkylation sites (tertiary alicyclic amines) is 1. The van der Waals surface area contributed by atoms with Crippen molar-refractivity contribution in [2.45, 2.75) is 38.8 Å². The van der Waals surface area contributed by atoms with Crippen LogP contribution in [0.2, 0.25) is 0 Å². The van der Waals surface area contributed by atoms with Gasteiger partial charge >= 0.3 is 0 Å². The van der Waals surface area contributed by atoms with E-state index in [9.17, 15) is 14.7 Å². The molecule has 0 radical (unpaired) electrons. The zero-order valence-electron chi connectivity index (χ0n) is 13.1. The van der Waals surface area contributed by atoms with Crippen LogP contribution < -0.4 is 5.56 Å². The number of nitrogens with zero attached hydrogens (tertiary/aromatic N) is 2. The number of carbonyl (C=O) groups excluding carboxylic acids is 1. The van der Waals surface area contributed by atoms with Gasteiger partial charge in [0, 0.05) is 36.1 Å². The normalized spacial score (nSPS) is 17.6. The lowest BCUT2D eigenvalue weighted by molar-refractivity contribution is -0.132. The number of pyridine rings is 1. The molecule has 3 rings (SSSR count). The molecule has 0 aromatic carbocycles. The van der Waals surface area contributed by atoms with Crippen molar-refractivity contribution in [2.75, 3.05) is 6.54 Å². The molecule has 1 atom stereocenters. The SMILES string of the molecule is Cc1cc(O)cc(=O)n1CCC(=O)N1CCCC1c1cccs1. The van der Waals surface area contributed by atoms with E-state index in [0.29, 0.717) is 18.7 Å². The van der Waals surface area contributed by atoms with Crippen LogP contribution in [0.1, 0.15) is 35.9 Å². The van der Waals surface area contributed by atoms with Crippen molar-refractivity contribution in [1.29, 1.82) is 0 Å². The Labute approximate surface area is 138 Å². The fourth-order valence-corrected chi connectivity index (χ4v) is 4.06. The minimum atomic E-state index is -0.272. The lowest BCUT2D eigenvalue weighted by atomic mass is 10.2. The second kappa shape index (κ2) is 6.58. The second-order valence-electron chi connectivity index (χ2n) is 5.86. The summed E-state index contributed by atoms with van der Waals surface area (Å²) >= 11 is 1.69. The van der Waals surface area contributed by atoms with Crippen LogP contribution in [0.3, 0.4) is 0 Å². The summed E-state index contributed by atoms with van der Waals surface area (Å²) in [7, 11) is 0. The van der Waals surface area contributed by atoms with Crippen molar-refractivity contribution < 1.29 is 9.90 Å². The second-order valence-corrected chi connectivity index (χ2v) is 6.83. The third-order valence-corrected chi connectivity index (χ3v) is 5.29. The first-order valence-electron chi connectivity index (χ1n) is 7.79. The van der Waals surface area contributed by atoms with Crippen LogP contribution in [0.5, 0.6) is 5.75 Å². The van der Waals surface area contributed by atoms with Crippen LogP contribution in [-0.2, 0) is 11.3 Å². The van der Waals surface area contributed by atoms with Crippen molar-refractivity contribution in [1.82, 2.24) is 9.47 Å². The first-order chi connectivity index (χ1) is 11.1. The number of thiophene rings is 1. The zero-order valence-corrected chi connectivity index (χ0v) is 13.9. The van der Waals surface area contributed by atoms with Crippen LogP contribution in [-0.4, -0.2) is 27.0 Å². The molecule has 2 aromatic heterocycles. The third-order valence-electron chi connectivity index (χ3n) is 4.31. The van der Waals surface area contributed by atoms with Gasteiger partial charge in [0.05, 0.1) is 6.04 Å². The fourth-order valence-electron chi connectivity index (χ4n) is 3.19. The molecule has 1 aliphatic rings. The summed E-state index contributed by atoms with van der Waals surface area (Å²) < 4.78 is 1.54. The minimum absolute atomic E-state index is 0.0348. The summed E-state index contributed by atoms with van der Waals surface area (Å²) in [6.45, 7) is 2.89. The van der Waals surface area contributed by atoms with Gasteiger partial charge in [-0.2, -0.15) is 0 Å². The maximum absolute atomic E-state index is 12.6. The molecule has 3 heterocycles. The molecule has 0 aliphatic carbocycles. The highest BCUT2D eigenvalue weighted by Crippen LogP contribution is 2.34. The Morgan fingerprint density at radius 1 is 1.43 bits per heavy atom. The molecule has 1 saturated heterocycles. The number of aromatic hydroxyl groups is 1. The van der Waals surface area contributed by atoms with E-state index < -0.39 is 0 Å². The van der Waals surface area contributed by atoms with Crippen molar-refractivity contribution in [2.24, 2.45) is 0 Å². The average molecular weight is 332 g/mol. The molecule has 23 heavy (non-hydrogen) atoms. The molecule has 1 N–H and O–H groups in total. The van der Waals surface area contributed by atoms with Crippen molar-refractivity contribution in [3.63, 3.8) is 0 Å². The number of rotatable bonds is 4. The van der Waals surface area contributed by atoms with Crippen molar-refractivity contribution >= 4 is 17.2 Å². The van der Waals surface area contributed by atoms with Gasteiger partial charge in [0.15, 0.2) is 0 Å². The van der Waals surface area contributed by atoms with E-state index in [2.05, 4.69) is 6.07 Å². The van der Waals surface area contributed by atoms with Gasteiger partial charge in [-0.25, -0.2) is 0 Å². The van der Waals surface area contributed by atoms with Gasteiger partial charge < -0.3 is 14.6 Å². The van der Waals surface area contributed by atoms with Crippen LogP contribution in [0.15, 0.2) is 34.4 Å². The number of carbonyl (C=O) groups is 1. The first-order valence-corrected chi connectivity index (χ1v) is 8.67. The molecule has 1 unspecified atom stereocenters. The van der Waals surface area contributed by atoms with Gasteiger partial charge in [-0.15, -0.1) is 11.3 Å². The van der Waals surface area contributed by atoms with Gasteiger partial charge in [0.25, 0.3) is 5.56 Å². The van der Waals surface area contributed by atoms with E-state index in [4.69, 9.17) is 0 Å². The zero-order chi connectivity index (χ0) is 16.4. The van der Waals surface area contributed by atoms with Crippen LogP contribution in [0.4, 0.5) is 0 Å². The van der Waals surface area contributed by atoms with E-state index in [1.807, 2.05) is 16.3 Å². The third kappa shape index (κ3) is 3.32. The van der Waals surface area contributed by atoms with E-state index >= 15 is 0 Å². The number of hydrogen-bond acceptors (Lipinski definition) is 4. The Bertz CT molecular complexity index is 752. The highest BCUT2D eigenvalue weighted by atomic mass is 32.1. The Kier molecular flexibility index (Phi) is 4.52. The Morgan fingerprint density at radius 2 is 2.26 bits per heavy atom. The van der Waals surface area contributed by atoms with Gasteiger partial charge in [0.1, 0.15) is 5.75 Å². The Balaban J connectivity index is 1.69. The van der Waals surface area contributed by atoms with E-state index in [-0.39, 0.29) is 23.3 Å². The van der Waals surface area contributed by atoms with Crippen LogP contribution in [0, 0.1) is 6.92 Å². The summed E-state index contributed by atoms with van der Waals surface area (Å²) in [6, 6.07) is 6.99. The maximum atomic E-state index is 12.6. The minimum Gasteiger partial charge on any atom is -0.508 e. The number of aromatic nitrogens is 1. The van der Waals surface area contributed by atoms with Crippen molar-refractivity contribution in [3.8, 4) is 5.75 Å². The molecule has 1 aliphatic heterocycles. The van der Waals surface area contributed by atoms with Gasteiger partial charge in [-0.3, -0.25) is 9.59 Å². The van der Waals surface area contributed by atoms with E-state index in [1.54, 1.807) is 18.3 Å².